The van der Waals surface area contributed by atoms with Gasteiger partial charge in [-0.1, -0.05) is 13.3 Å². The number of aromatic nitrogens is 2. The van der Waals surface area contributed by atoms with Crippen LogP contribution in [0.5, 0.6) is 5.88 Å². The number of methoxy groups -OCH3 is 1. The third-order valence-electron chi connectivity index (χ3n) is 2.13. The Labute approximate surface area is 103 Å². The maximum absolute atomic E-state index is 5.57. The topological polar surface area (TPSA) is 56.3 Å². The third kappa shape index (κ3) is 4.99. The highest BCUT2D eigenvalue weighted by Gasteiger charge is 2.04. The maximum atomic E-state index is 5.57. The summed E-state index contributed by atoms with van der Waals surface area (Å²) in [5, 5.41) is 3.15. The van der Waals surface area contributed by atoms with Crippen LogP contribution in [0.1, 0.15) is 32.5 Å². The van der Waals surface area contributed by atoms with Crippen molar-refractivity contribution in [3.8, 4) is 5.88 Å². The summed E-state index contributed by atoms with van der Waals surface area (Å²) in [5.74, 6) is 2.02. The van der Waals surface area contributed by atoms with Crippen molar-refractivity contribution in [2.45, 2.75) is 33.3 Å². The number of unbranched alkanes of at least 4 members (excludes halogenated alkanes) is 1. The normalized spacial score (nSPS) is 10.3. The Bertz CT molecular complexity index is 307. The van der Waals surface area contributed by atoms with Crippen LogP contribution < -0.4 is 10.1 Å². The van der Waals surface area contributed by atoms with E-state index in [1.807, 2.05) is 13.0 Å². The molecule has 0 bridgehead atoms. The van der Waals surface area contributed by atoms with Gasteiger partial charge in [-0.15, -0.1) is 0 Å². The molecule has 0 aliphatic rings. The predicted octanol–water partition coefficient (Wildman–Crippen LogP) is 2.23. The molecule has 96 valence electrons. The van der Waals surface area contributed by atoms with Crippen LogP contribution in [0, 0.1) is 0 Å². The predicted molar refractivity (Wildman–Crippen MR) is 67.3 cm³/mol. The summed E-state index contributed by atoms with van der Waals surface area (Å²) < 4.78 is 10.6. The second-order valence-corrected chi connectivity index (χ2v) is 3.67. The Kier molecular flexibility index (Phi) is 6.32. The fraction of sp³-hybridized carbons (Fsp3) is 0.667. The number of ether oxygens (including phenoxy) is 2. The Morgan fingerprint density at radius 1 is 1.29 bits per heavy atom. The van der Waals surface area contributed by atoms with Gasteiger partial charge >= 0.3 is 0 Å². The quantitative estimate of drug-likeness (QED) is 0.705. The summed E-state index contributed by atoms with van der Waals surface area (Å²) in [4.78, 5) is 8.59. The van der Waals surface area contributed by atoms with E-state index in [9.17, 15) is 0 Å². The van der Waals surface area contributed by atoms with E-state index in [-0.39, 0.29) is 0 Å². The maximum Gasteiger partial charge on any atom is 0.218 e. The lowest BCUT2D eigenvalue weighted by molar-refractivity contribution is 0.176. The largest absolute Gasteiger partial charge is 0.478 e. The first-order valence-corrected chi connectivity index (χ1v) is 6.03. The second kappa shape index (κ2) is 7.84. The highest BCUT2D eigenvalue weighted by molar-refractivity contribution is 5.38. The van der Waals surface area contributed by atoms with Crippen molar-refractivity contribution in [1.29, 1.82) is 0 Å². The van der Waals surface area contributed by atoms with Gasteiger partial charge in [-0.25, -0.2) is 4.98 Å². The first-order chi connectivity index (χ1) is 8.30. The van der Waals surface area contributed by atoms with Crippen LogP contribution in [0.3, 0.4) is 0 Å². The summed E-state index contributed by atoms with van der Waals surface area (Å²) in [6, 6.07) is 1.82. The third-order valence-corrected chi connectivity index (χ3v) is 2.13. The van der Waals surface area contributed by atoms with Gasteiger partial charge in [-0.2, -0.15) is 4.98 Å². The van der Waals surface area contributed by atoms with E-state index < -0.39 is 0 Å². The first kappa shape index (κ1) is 13.7. The van der Waals surface area contributed by atoms with Crippen molar-refractivity contribution in [1.82, 2.24) is 9.97 Å². The second-order valence-electron chi connectivity index (χ2n) is 3.67. The van der Waals surface area contributed by atoms with Crippen LogP contribution >= 0.6 is 0 Å². The molecule has 5 nitrogen and oxygen atoms in total. The lowest BCUT2D eigenvalue weighted by Gasteiger charge is -2.09. The minimum Gasteiger partial charge on any atom is -0.478 e. The summed E-state index contributed by atoms with van der Waals surface area (Å²) in [5.41, 5.74) is 0. The van der Waals surface area contributed by atoms with Crippen molar-refractivity contribution in [3.05, 3.63) is 11.9 Å². The van der Waals surface area contributed by atoms with E-state index in [1.165, 1.54) is 0 Å². The number of anilines is 1. The van der Waals surface area contributed by atoms with Gasteiger partial charge in [0, 0.05) is 19.7 Å². The van der Waals surface area contributed by atoms with Crippen molar-refractivity contribution in [2.75, 3.05) is 25.6 Å². The van der Waals surface area contributed by atoms with Crippen LogP contribution in [0.2, 0.25) is 0 Å². The molecule has 1 heterocycles. The summed E-state index contributed by atoms with van der Waals surface area (Å²) in [7, 11) is 1.63. The number of nitrogens with one attached hydrogen (secondary N) is 1. The number of hydrogen-bond donors (Lipinski definition) is 1. The molecule has 1 rings (SSSR count). The molecular formula is C12H21N3O2. The van der Waals surface area contributed by atoms with Crippen LogP contribution in [0.4, 0.5) is 5.82 Å². The van der Waals surface area contributed by atoms with Crippen LogP contribution in [0.25, 0.3) is 0 Å². The van der Waals surface area contributed by atoms with Crippen molar-refractivity contribution < 1.29 is 9.47 Å². The average molecular weight is 239 g/mol. The van der Waals surface area contributed by atoms with Gasteiger partial charge in [0.1, 0.15) is 12.4 Å². The molecule has 0 atom stereocenters. The smallest absolute Gasteiger partial charge is 0.218 e. The minimum absolute atomic E-state index is 0.392. The highest BCUT2D eigenvalue weighted by atomic mass is 16.5. The number of nitrogens with zero attached hydrogens (tertiary/aromatic N) is 2. The summed E-state index contributed by atoms with van der Waals surface area (Å²) in [6.07, 6.45) is 2.14. The summed E-state index contributed by atoms with van der Waals surface area (Å²) >= 11 is 0. The first-order valence-electron chi connectivity index (χ1n) is 6.03. The molecule has 1 N–H and O–H groups in total. The van der Waals surface area contributed by atoms with E-state index >= 15 is 0 Å². The molecule has 0 amide bonds. The molecule has 0 saturated heterocycles. The standard InChI is InChI=1S/C12H21N3O2/c1-4-6-7-17-12-8-10(13-5-2)14-11(15-12)9-16-3/h8H,4-7,9H2,1-3H3,(H,13,14,15). The minimum atomic E-state index is 0.392. The van der Waals surface area contributed by atoms with Gasteiger partial charge in [0.15, 0.2) is 5.82 Å². The van der Waals surface area contributed by atoms with Gasteiger partial charge in [0.05, 0.1) is 6.61 Å². The van der Waals surface area contributed by atoms with Gasteiger partial charge in [0.2, 0.25) is 5.88 Å². The van der Waals surface area contributed by atoms with Gasteiger partial charge in [-0.05, 0) is 13.3 Å². The Morgan fingerprint density at radius 3 is 2.76 bits per heavy atom. The average Bonchev–Trinajstić information content (AvgIpc) is 2.30. The lowest BCUT2D eigenvalue weighted by Crippen LogP contribution is -2.07. The van der Waals surface area contributed by atoms with Gasteiger partial charge < -0.3 is 14.8 Å². The lowest BCUT2D eigenvalue weighted by atomic mass is 10.4. The molecule has 5 heteroatoms. The Balaban J connectivity index is 2.72. The zero-order valence-corrected chi connectivity index (χ0v) is 10.8. The fourth-order valence-electron chi connectivity index (χ4n) is 1.33. The zero-order chi connectivity index (χ0) is 12.5. The van der Waals surface area contributed by atoms with Crippen molar-refractivity contribution >= 4 is 5.82 Å². The number of rotatable bonds is 8. The van der Waals surface area contributed by atoms with Crippen LogP contribution in [-0.4, -0.2) is 30.2 Å². The van der Waals surface area contributed by atoms with Crippen LogP contribution in [0.15, 0.2) is 6.07 Å². The number of hydrogen-bond acceptors (Lipinski definition) is 5. The molecule has 1 aromatic rings. The van der Waals surface area contributed by atoms with Crippen LogP contribution in [-0.2, 0) is 11.3 Å². The fourth-order valence-corrected chi connectivity index (χ4v) is 1.33. The zero-order valence-electron chi connectivity index (χ0n) is 10.8. The van der Waals surface area contributed by atoms with E-state index in [1.54, 1.807) is 7.11 Å². The SMILES string of the molecule is CCCCOc1cc(NCC)nc(COC)n1. The van der Waals surface area contributed by atoms with E-state index in [0.717, 1.165) is 25.2 Å². The van der Waals surface area contributed by atoms with Crippen molar-refractivity contribution in [2.24, 2.45) is 0 Å². The molecule has 0 spiro atoms. The molecule has 0 aliphatic heterocycles. The molecule has 0 aliphatic carbocycles. The molecule has 17 heavy (non-hydrogen) atoms. The van der Waals surface area contributed by atoms with Crippen molar-refractivity contribution in [3.63, 3.8) is 0 Å². The van der Waals surface area contributed by atoms with E-state index in [0.29, 0.717) is 24.9 Å². The molecular weight excluding hydrogens is 218 g/mol. The Hall–Kier alpha value is -1.36. The monoisotopic (exact) mass is 239 g/mol. The van der Waals surface area contributed by atoms with E-state index in [4.69, 9.17) is 9.47 Å². The van der Waals surface area contributed by atoms with Gasteiger partial charge in [0.25, 0.3) is 0 Å². The molecule has 0 unspecified atom stereocenters. The van der Waals surface area contributed by atoms with E-state index in [2.05, 4.69) is 22.2 Å². The van der Waals surface area contributed by atoms with Gasteiger partial charge in [-0.3, -0.25) is 0 Å². The molecule has 0 saturated carbocycles. The molecule has 0 aromatic carbocycles. The summed E-state index contributed by atoms with van der Waals surface area (Å²) in [6.45, 7) is 6.05. The highest BCUT2D eigenvalue weighted by Crippen LogP contribution is 2.14. The molecule has 0 radical (unpaired) electrons. The molecule has 0 fully saturated rings. The Morgan fingerprint density at radius 2 is 2.12 bits per heavy atom. The molecule has 1 aromatic heterocycles.